The molecular formula is C18H33NO8. The zero-order chi connectivity index (χ0) is 20.2. The average molecular weight is 391 g/mol. The second-order valence-electron chi connectivity index (χ2n) is 6.98. The van der Waals surface area contributed by atoms with Gasteiger partial charge in [0, 0.05) is 25.5 Å². The lowest BCUT2D eigenvalue weighted by molar-refractivity contribution is -0.301. The van der Waals surface area contributed by atoms with Gasteiger partial charge >= 0.3 is 0 Å². The molecule has 0 saturated carbocycles. The Labute approximate surface area is 159 Å². The fourth-order valence-electron chi connectivity index (χ4n) is 2.77. The molecule has 5 N–H and O–H groups in total. The third kappa shape index (κ3) is 8.63. The van der Waals surface area contributed by atoms with Gasteiger partial charge in [-0.25, -0.2) is 0 Å². The molecule has 5 unspecified atom stereocenters. The molecule has 9 nitrogen and oxygen atoms in total. The molecule has 1 aliphatic heterocycles. The van der Waals surface area contributed by atoms with E-state index < -0.39 is 37.3 Å². The Hall–Kier alpha value is -1.10. The molecule has 1 saturated heterocycles. The molecule has 0 radical (unpaired) electrons. The Kier molecular flexibility index (Phi) is 11.7. The molecule has 1 aliphatic rings. The molecule has 0 aliphatic carbocycles. The SMILES string of the molecule is C[C@@H](C=O)CCCCNC(=O)CCCCOC1OC(CO)C(O)C(O)C1O. The number of hydrogen-bond acceptors (Lipinski definition) is 8. The number of aldehydes is 1. The highest BCUT2D eigenvalue weighted by atomic mass is 16.7. The van der Waals surface area contributed by atoms with E-state index in [-0.39, 0.29) is 18.4 Å². The largest absolute Gasteiger partial charge is 0.394 e. The van der Waals surface area contributed by atoms with Gasteiger partial charge in [-0.15, -0.1) is 0 Å². The first-order valence-electron chi connectivity index (χ1n) is 9.54. The molecule has 0 aromatic rings. The first-order valence-corrected chi connectivity index (χ1v) is 9.54. The maximum Gasteiger partial charge on any atom is 0.219 e. The minimum absolute atomic E-state index is 0.0497. The summed E-state index contributed by atoms with van der Waals surface area (Å²) in [6.45, 7) is 2.17. The van der Waals surface area contributed by atoms with Gasteiger partial charge in [-0.3, -0.25) is 4.79 Å². The number of amides is 1. The van der Waals surface area contributed by atoms with Crippen LogP contribution < -0.4 is 5.32 Å². The van der Waals surface area contributed by atoms with Gasteiger partial charge in [0.25, 0.3) is 0 Å². The highest BCUT2D eigenvalue weighted by Crippen LogP contribution is 2.22. The van der Waals surface area contributed by atoms with E-state index in [0.29, 0.717) is 25.8 Å². The first kappa shape index (κ1) is 23.9. The van der Waals surface area contributed by atoms with Crippen molar-refractivity contribution >= 4 is 12.2 Å². The predicted octanol–water partition coefficient (Wildman–Crippen LogP) is -0.905. The number of hydrogen-bond donors (Lipinski definition) is 5. The van der Waals surface area contributed by atoms with Gasteiger partial charge in [0.2, 0.25) is 5.91 Å². The standard InChI is InChI=1S/C18H33NO8/c1-12(10-20)6-2-4-8-19-14(22)7-3-5-9-26-18-17(25)16(24)15(23)13(11-21)27-18/h10,12-13,15-18,21,23-25H,2-9,11H2,1H3,(H,19,22)/t12-,13?,15?,16?,17?,18?/m1/s1. The lowest BCUT2D eigenvalue weighted by atomic mass is 9.99. The Morgan fingerprint density at radius 3 is 2.56 bits per heavy atom. The maximum absolute atomic E-state index is 11.7. The second kappa shape index (κ2) is 13.1. The second-order valence-corrected chi connectivity index (χ2v) is 6.98. The van der Waals surface area contributed by atoms with E-state index in [1.165, 1.54) is 0 Å². The van der Waals surface area contributed by atoms with Crippen molar-refractivity contribution in [2.45, 2.75) is 76.2 Å². The molecule has 1 amide bonds. The van der Waals surface area contributed by atoms with E-state index in [4.69, 9.17) is 14.6 Å². The highest BCUT2D eigenvalue weighted by molar-refractivity contribution is 5.75. The maximum atomic E-state index is 11.7. The minimum atomic E-state index is -1.46. The van der Waals surface area contributed by atoms with Crippen LogP contribution in [0.15, 0.2) is 0 Å². The average Bonchev–Trinajstić information content (AvgIpc) is 2.66. The Morgan fingerprint density at radius 1 is 1.15 bits per heavy atom. The van der Waals surface area contributed by atoms with Crippen LogP contribution in [0.25, 0.3) is 0 Å². The van der Waals surface area contributed by atoms with E-state index in [1.807, 2.05) is 6.92 Å². The van der Waals surface area contributed by atoms with Gasteiger partial charge in [-0.2, -0.15) is 0 Å². The monoisotopic (exact) mass is 391 g/mol. The highest BCUT2D eigenvalue weighted by Gasteiger charge is 2.43. The van der Waals surface area contributed by atoms with Crippen LogP contribution >= 0.6 is 0 Å². The molecule has 1 rings (SSSR count). The summed E-state index contributed by atoms with van der Waals surface area (Å²) in [5.74, 6) is 0.00988. The smallest absolute Gasteiger partial charge is 0.219 e. The molecule has 0 aromatic heterocycles. The van der Waals surface area contributed by atoms with Crippen molar-refractivity contribution in [3.05, 3.63) is 0 Å². The van der Waals surface area contributed by atoms with Crippen LogP contribution in [0.4, 0.5) is 0 Å². The van der Waals surface area contributed by atoms with Crippen LogP contribution in [0, 0.1) is 5.92 Å². The van der Waals surface area contributed by atoms with E-state index >= 15 is 0 Å². The van der Waals surface area contributed by atoms with Crippen molar-refractivity contribution in [3.8, 4) is 0 Å². The Balaban J connectivity index is 2.09. The molecule has 6 atom stereocenters. The topological polar surface area (TPSA) is 146 Å². The normalized spacial score (nSPS) is 29.3. The number of unbranched alkanes of at least 4 members (excludes halogenated alkanes) is 2. The Morgan fingerprint density at radius 2 is 1.89 bits per heavy atom. The fourth-order valence-corrected chi connectivity index (χ4v) is 2.77. The molecule has 27 heavy (non-hydrogen) atoms. The lowest BCUT2D eigenvalue weighted by Gasteiger charge is -2.39. The zero-order valence-corrected chi connectivity index (χ0v) is 15.8. The number of ether oxygens (including phenoxy) is 2. The van der Waals surface area contributed by atoms with E-state index in [9.17, 15) is 24.9 Å². The number of aliphatic hydroxyl groups is 4. The van der Waals surface area contributed by atoms with Crippen molar-refractivity contribution in [2.24, 2.45) is 5.92 Å². The summed E-state index contributed by atoms with van der Waals surface area (Å²) in [6.07, 6.45) is -1.41. The summed E-state index contributed by atoms with van der Waals surface area (Å²) in [5, 5.41) is 41.1. The van der Waals surface area contributed by atoms with Crippen LogP contribution in [0.3, 0.4) is 0 Å². The van der Waals surface area contributed by atoms with Crippen LogP contribution in [0.5, 0.6) is 0 Å². The molecule has 158 valence electrons. The van der Waals surface area contributed by atoms with Gasteiger partial charge in [-0.05, 0) is 25.7 Å². The number of nitrogens with one attached hydrogen (secondary N) is 1. The predicted molar refractivity (Wildman–Crippen MR) is 95.7 cm³/mol. The summed E-state index contributed by atoms with van der Waals surface area (Å²) in [5.41, 5.74) is 0. The van der Waals surface area contributed by atoms with Crippen LogP contribution in [0.1, 0.15) is 45.4 Å². The third-order valence-corrected chi connectivity index (χ3v) is 4.57. The molecule has 0 aromatic carbocycles. The summed E-state index contributed by atoms with van der Waals surface area (Å²) < 4.78 is 10.6. The summed E-state index contributed by atoms with van der Waals surface area (Å²) in [4.78, 5) is 22.2. The van der Waals surface area contributed by atoms with E-state index in [1.54, 1.807) is 0 Å². The third-order valence-electron chi connectivity index (χ3n) is 4.57. The van der Waals surface area contributed by atoms with Gasteiger partial charge in [0.1, 0.15) is 30.7 Å². The summed E-state index contributed by atoms with van der Waals surface area (Å²) in [6, 6.07) is 0. The van der Waals surface area contributed by atoms with Crippen LogP contribution in [0.2, 0.25) is 0 Å². The van der Waals surface area contributed by atoms with Crippen LogP contribution in [-0.4, -0.2) is 83.1 Å². The van der Waals surface area contributed by atoms with Crippen molar-refractivity contribution in [2.75, 3.05) is 19.8 Å². The zero-order valence-electron chi connectivity index (χ0n) is 15.8. The molecule has 0 spiro atoms. The van der Waals surface area contributed by atoms with Crippen molar-refractivity contribution < 1.29 is 39.5 Å². The van der Waals surface area contributed by atoms with Gasteiger partial charge in [0.05, 0.1) is 6.61 Å². The minimum Gasteiger partial charge on any atom is -0.394 e. The lowest BCUT2D eigenvalue weighted by Crippen LogP contribution is -2.59. The summed E-state index contributed by atoms with van der Waals surface area (Å²) >= 11 is 0. The van der Waals surface area contributed by atoms with Gasteiger partial charge < -0.3 is 40.0 Å². The van der Waals surface area contributed by atoms with Crippen LogP contribution in [-0.2, 0) is 19.1 Å². The quantitative estimate of drug-likeness (QED) is 0.200. The first-order chi connectivity index (χ1) is 12.9. The summed E-state index contributed by atoms with van der Waals surface area (Å²) in [7, 11) is 0. The number of carbonyl (C=O) groups is 2. The molecule has 1 fully saturated rings. The van der Waals surface area contributed by atoms with Gasteiger partial charge in [-0.1, -0.05) is 13.3 Å². The van der Waals surface area contributed by atoms with Crippen molar-refractivity contribution in [1.82, 2.24) is 5.32 Å². The number of carbonyl (C=O) groups excluding carboxylic acids is 2. The number of aliphatic hydroxyl groups excluding tert-OH is 4. The molecular weight excluding hydrogens is 358 g/mol. The van der Waals surface area contributed by atoms with E-state index in [0.717, 1.165) is 25.5 Å². The van der Waals surface area contributed by atoms with Crippen molar-refractivity contribution in [1.29, 1.82) is 0 Å². The molecule has 0 bridgehead atoms. The number of rotatable bonds is 13. The molecule has 9 heteroatoms. The Bertz CT molecular complexity index is 434. The molecule has 1 heterocycles. The fraction of sp³-hybridized carbons (Fsp3) is 0.889. The van der Waals surface area contributed by atoms with E-state index in [2.05, 4.69) is 5.32 Å². The van der Waals surface area contributed by atoms with Crippen molar-refractivity contribution in [3.63, 3.8) is 0 Å². The van der Waals surface area contributed by atoms with Gasteiger partial charge in [0.15, 0.2) is 6.29 Å².